The highest BCUT2D eigenvalue weighted by molar-refractivity contribution is 5.91. The molecule has 0 aliphatic carbocycles. The van der Waals surface area contributed by atoms with E-state index in [1.54, 1.807) is 31.2 Å². The molecule has 0 atom stereocenters. The van der Waals surface area contributed by atoms with E-state index in [0.717, 1.165) is 0 Å². The van der Waals surface area contributed by atoms with Gasteiger partial charge >= 0.3 is 12.0 Å². The number of carbonyl (C=O) groups is 2. The van der Waals surface area contributed by atoms with E-state index in [4.69, 9.17) is 10.5 Å². The first-order chi connectivity index (χ1) is 8.52. The fourth-order valence-electron chi connectivity index (χ4n) is 1.26. The van der Waals surface area contributed by atoms with E-state index in [-0.39, 0.29) is 12.6 Å². The molecule has 6 nitrogen and oxygen atoms in total. The van der Waals surface area contributed by atoms with Gasteiger partial charge in [-0.1, -0.05) is 0 Å². The van der Waals surface area contributed by atoms with Gasteiger partial charge in [0.05, 0.1) is 6.61 Å². The van der Waals surface area contributed by atoms with E-state index >= 15 is 0 Å². The number of carbonyl (C=O) groups excluding carboxylic acids is 2. The number of benzene rings is 1. The highest BCUT2D eigenvalue weighted by Gasteiger charge is 2.13. The van der Waals surface area contributed by atoms with Crippen molar-refractivity contribution in [2.24, 2.45) is 0 Å². The smallest absolute Gasteiger partial charge is 0.325 e. The van der Waals surface area contributed by atoms with Crippen molar-refractivity contribution in [3.8, 4) is 0 Å². The van der Waals surface area contributed by atoms with Gasteiger partial charge in [0.1, 0.15) is 6.54 Å². The predicted molar refractivity (Wildman–Crippen MR) is 69.1 cm³/mol. The molecule has 98 valence electrons. The van der Waals surface area contributed by atoms with Crippen LogP contribution in [0.15, 0.2) is 24.3 Å². The van der Waals surface area contributed by atoms with Gasteiger partial charge in [-0.3, -0.25) is 4.79 Å². The van der Waals surface area contributed by atoms with Crippen molar-refractivity contribution in [1.82, 2.24) is 4.90 Å². The summed E-state index contributed by atoms with van der Waals surface area (Å²) < 4.78 is 4.75. The van der Waals surface area contributed by atoms with E-state index < -0.39 is 5.97 Å². The Morgan fingerprint density at radius 3 is 2.50 bits per heavy atom. The van der Waals surface area contributed by atoms with E-state index in [2.05, 4.69) is 5.32 Å². The Hall–Kier alpha value is -2.24. The van der Waals surface area contributed by atoms with Crippen LogP contribution in [0, 0.1) is 0 Å². The second kappa shape index (κ2) is 6.48. The van der Waals surface area contributed by atoms with Gasteiger partial charge < -0.3 is 20.7 Å². The highest BCUT2D eigenvalue weighted by Crippen LogP contribution is 2.10. The Morgan fingerprint density at radius 2 is 1.94 bits per heavy atom. The van der Waals surface area contributed by atoms with Crippen LogP contribution in [0.1, 0.15) is 6.92 Å². The monoisotopic (exact) mass is 251 g/mol. The van der Waals surface area contributed by atoms with Gasteiger partial charge in [-0.2, -0.15) is 0 Å². The van der Waals surface area contributed by atoms with Crippen LogP contribution in [0.4, 0.5) is 16.2 Å². The number of esters is 1. The molecule has 0 radical (unpaired) electrons. The SMILES string of the molecule is CCOC(=O)CN(C)C(=O)Nc1ccc(N)cc1. The summed E-state index contributed by atoms with van der Waals surface area (Å²) in [7, 11) is 1.52. The number of nitrogens with zero attached hydrogens (tertiary/aromatic N) is 1. The number of likely N-dealkylation sites (N-methyl/N-ethyl adjacent to an activating group) is 1. The average Bonchev–Trinajstić information content (AvgIpc) is 2.32. The number of hydrogen-bond donors (Lipinski definition) is 2. The summed E-state index contributed by atoms with van der Waals surface area (Å²) >= 11 is 0. The maximum Gasteiger partial charge on any atom is 0.325 e. The third kappa shape index (κ3) is 4.32. The Balaban J connectivity index is 2.49. The molecule has 0 spiro atoms. The maximum absolute atomic E-state index is 11.7. The number of amides is 2. The van der Waals surface area contributed by atoms with Crippen LogP contribution in [-0.4, -0.2) is 37.1 Å². The Kier molecular flexibility index (Phi) is 4.98. The second-order valence-corrected chi connectivity index (χ2v) is 3.71. The lowest BCUT2D eigenvalue weighted by Gasteiger charge is -2.16. The number of nitrogens with one attached hydrogen (secondary N) is 1. The first kappa shape index (κ1) is 13.8. The normalized spacial score (nSPS) is 9.67. The third-order valence-corrected chi connectivity index (χ3v) is 2.18. The van der Waals surface area contributed by atoms with Crippen molar-refractivity contribution in [1.29, 1.82) is 0 Å². The van der Waals surface area contributed by atoms with Gasteiger partial charge in [0.25, 0.3) is 0 Å². The van der Waals surface area contributed by atoms with Crippen LogP contribution in [0.5, 0.6) is 0 Å². The highest BCUT2D eigenvalue weighted by atomic mass is 16.5. The first-order valence-corrected chi connectivity index (χ1v) is 5.56. The standard InChI is InChI=1S/C12H17N3O3/c1-3-18-11(16)8-15(2)12(17)14-10-6-4-9(13)5-7-10/h4-7H,3,8,13H2,1-2H3,(H,14,17). The molecule has 18 heavy (non-hydrogen) atoms. The molecule has 6 heteroatoms. The minimum absolute atomic E-state index is 0.0886. The number of nitrogen functional groups attached to an aromatic ring is 1. The van der Waals surface area contributed by atoms with Crippen LogP contribution in [-0.2, 0) is 9.53 Å². The van der Waals surface area contributed by atoms with Crippen molar-refractivity contribution in [3.05, 3.63) is 24.3 Å². The molecule has 0 heterocycles. The van der Waals surface area contributed by atoms with E-state index in [1.807, 2.05) is 0 Å². The van der Waals surface area contributed by atoms with E-state index in [0.29, 0.717) is 18.0 Å². The lowest BCUT2D eigenvalue weighted by Crippen LogP contribution is -2.36. The number of hydrogen-bond acceptors (Lipinski definition) is 4. The molecule has 2 amide bonds. The largest absolute Gasteiger partial charge is 0.465 e. The zero-order valence-electron chi connectivity index (χ0n) is 10.5. The summed E-state index contributed by atoms with van der Waals surface area (Å²) in [5.74, 6) is -0.438. The van der Waals surface area contributed by atoms with Crippen LogP contribution in [0.3, 0.4) is 0 Å². The van der Waals surface area contributed by atoms with Gasteiger partial charge in [-0.05, 0) is 31.2 Å². The van der Waals surface area contributed by atoms with Gasteiger partial charge in [0, 0.05) is 18.4 Å². The summed E-state index contributed by atoms with van der Waals surface area (Å²) in [6.07, 6.45) is 0. The predicted octanol–water partition coefficient (Wildman–Crippen LogP) is 1.30. The van der Waals surface area contributed by atoms with Crippen LogP contribution in [0.25, 0.3) is 0 Å². The van der Waals surface area contributed by atoms with Gasteiger partial charge in [0.2, 0.25) is 0 Å². The fraction of sp³-hybridized carbons (Fsp3) is 0.333. The zero-order valence-corrected chi connectivity index (χ0v) is 10.5. The summed E-state index contributed by atoms with van der Waals surface area (Å²) in [5.41, 5.74) is 6.77. The molecule has 0 aliphatic rings. The van der Waals surface area contributed by atoms with E-state index in [1.165, 1.54) is 11.9 Å². The molecule has 1 aromatic rings. The molecule has 0 unspecified atom stereocenters. The minimum atomic E-state index is -0.438. The molecule has 0 saturated carbocycles. The van der Waals surface area contributed by atoms with Crippen LogP contribution < -0.4 is 11.1 Å². The Morgan fingerprint density at radius 1 is 1.33 bits per heavy atom. The average molecular weight is 251 g/mol. The minimum Gasteiger partial charge on any atom is -0.465 e. The number of nitrogens with two attached hydrogens (primary N) is 1. The lowest BCUT2D eigenvalue weighted by atomic mass is 10.3. The van der Waals surface area contributed by atoms with E-state index in [9.17, 15) is 9.59 Å². The maximum atomic E-state index is 11.7. The number of ether oxygens (including phenoxy) is 1. The van der Waals surface area contributed by atoms with Gasteiger partial charge in [-0.15, -0.1) is 0 Å². The topological polar surface area (TPSA) is 84.7 Å². The Bertz CT molecular complexity index is 417. The number of anilines is 2. The molecule has 0 bridgehead atoms. The molecule has 0 saturated heterocycles. The first-order valence-electron chi connectivity index (χ1n) is 5.56. The molecule has 0 fully saturated rings. The van der Waals surface area contributed by atoms with Crippen molar-refractivity contribution in [3.63, 3.8) is 0 Å². The number of urea groups is 1. The summed E-state index contributed by atoms with van der Waals surface area (Å²) in [5, 5.41) is 2.64. The molecule has 3 N–H and O–H groups in total. The third-order valence-electron chi connectivity index (χ3n) is 2.18. The fourth-order valence-corrected chi connectivity index (χ4v) is 1.26. The summed E-state index contributed by atoms with van der Waals surface area (Å²) in [4.78, 5) is 24.2. The van der Waals surface area contributed by atoms with Crippen molar-refractivity contribution in [2.75, 3.05) is 31.2 Å². The summed E-state index contributed by atoms with van der Waals surface area (Å²) in [6, 6.07) is 6.35. The molecule has 1 rings (SSSR count). The Labute approximate surface area is 106 Å². The lowest BCUT2D eigenvalue weighted by molar-refractivity contribution is -0.143. The molecular formula is C12H17N3O3. The van der Waals surface area contributed by atoms with Crippen LogP contribution in [0.2, 0.25) is 0 Å². The molecule has 1 aromatic carbocycles. The van der Waals surface area contributed by atoms with Crippen LogP contribution >= 0.6 is 0 Å². The van der Waals surface area contributed by atoms with Crippen molar-refractivity contribution >= 4 is 23.4 Å². The quantitative estimate of drug-likeness (QED) is 0.624. The second-order valence-electron chi connectivity index (χ2n) is 3.71. The van der Waals surface area contributed by atoms with Gasteiger partial charge in [0.15, 0.2) is 0 Å². The van der Waals surface area contributed by atoms with Crippen molar-refractivity contribution in [2.45, 2.75) is 6.92 Å². The van der Waals surface area contributed by atoms with Gasteiger partial charge in [-0.25, -0.2) is 4.79 Å². The summed E-state index contributed by atoms with van der Waals surface area (Å²) in [6.45, 7) is 1.92. The zero-order chi connectivity index (χ0) is 13.5. The molecule has 0 aromatic heterocycles. The molecular weight excluding hydrogens is 234 g/mol. The number of rotatable bonds is 4. The molecule has 0 aliphatic heterocycles. The van der Waals surface area contributed by atoms with Crippen molar-refractivity contribution < 1.29 is 14.3 Å².